The number of primary amides is 1. The van der Waals surface area contributed by atoms with Crippen molar-refractivity contribution >= 4 is 28.9 Å². The van der Waals surface area contributed by atoms with E-state index in [-0.39, 0.29) is 28.5 Å². The number of nitrogens with one attached hydrogen (secondary N) is 2. The predicted octanol–water partition coefficient (Wildman–Crippen LogP) is 2.66. The second kappa shape index (κ2) is 6.79. The zero-order valence-electron chi connectivity index (χ0n) is 13.5. The third-order valence-electron chi connectivity index (χ3n) is 3.88. The van der Waals surface area contributed by atoms with E-state index < -0.39 is 22.6 Å². The summed E-state index contributed by atoms with van der Waals surface area (Å²) in [4.78, 5) is 34.2. The highest BCUT2D eigenvalue weighted by molar-refractivity contribution is 6.05. The lowest BCUT2D eigenvalue weighted by molar-refractivity contribution is -0.384. The molecule has 2 aromatic carbocycles. The molecule has 0 radical (unpaired) electrons. The minimum atomic E-state index is -0.968. The molecular formula is C17H15FN4O4. The fourth-order valence-corrected chi connectivity index (χ4v) is 2.39. The molecule has 9 heteroatoms. The molecule has 0 bridgehead atoms. The van der Waals surface area contributed by atoms with Crippen molar-refractivity contribution < 1.29 is 18.9 Å². The molecule has 3 rings (SSSR count). The summed E-state index contributed by atoms with van der Waals surface area (Å²) in [5, 5.41) is 16.8. The second-order valence-corrected chi connectivity index (χ2v) is 5.92. The minimum absolute atomic E-state index is 0.0583. The molecule has 0 atom stereocenters. The highest BCUT2D eigenvalue weighted by atomic mass is 19.1. The Morgan fingerprint density at radius 1 is 1.19 bits per heavy atom. The number of rotatable bonds is 6. The van der Waals surface area contributed by atoms with Crippen molar-refractivity contribution in [2.45, 2.75) is 18.9 Å². The molecule has 0 heterocycles. The smallest absolute Gasteiger partial charge is 0.293 e. The van der Waals surface area contributed by atoms with Crippen LogP contribution < -0.4 is 16.4 Å². The number of nitro groups is 1. The predicted molar refractivity (Wildman–Crippen MR) is 92.6 cm³/mol. The topological polar surface area (TPSA) is 127 Å². The summed E-state index contributed by atoms with van der Waals surface area (Å²) in [7, 11) is 0. The Hall–Kier alpha value is -3.49. The Morgan fingerprint density at radius 3 is 2.54 bits per heavy atom. The van der Waals surface area contributed by atoms with Crippen molar-refractivity contribution in [3.63, 3.8) is 0 Å². The third-order valence-corrected chi connectivity index (χ3v) is 3.88. The van der Waals surface area contributed by atoms with E-state index in [1.54, 1.807) is 0 Å². The van der Waals surface area contributed by atoms with Gasteiger partial charge in [0.15, 0.2) is 0 Å². The first-order valence-corrected chi connectivity index (χ1v) is 7.81. The Labute approximate surface area is 147 Å². The lowest BCUT2D eigenvalue weighted by Crippen LogP contribution is -2.16. The molecule has 1 saturated carbocycles. The molecule has 1 aliphatic carbocycles. The van der Waals surface area contributed by atoms with Crippen LogP contribution in [-0.2, 0) is 0 Å². The number of nitrogens with zero attached hydrogens (tertiary/aromatic N) is 1. The fourth-order valence-electron chi connectivity index (χ4n) is 2.39. The molecule has 26 heavy (non-hydrogen) atoms. The zero-order valence-corrected chi connectivity index (χ0v) is 13.5. The maximum absolute atomic E-state index is 13.5. The van der Waals surface area contributed by atoms with Gasteiger partial charge in [-0.2, -0.15) is 0 Å². The van der Waals surface area contributed by atoms with Crippen LogP contribution in [0, 0.1) is 15.9 Å². The molecule has 2 aromatic rings. The van der Waals surface area contributed by atoms with Crippen LogP contribution in [0.2, 0.25) is 0 Å². The van der Waals surface area contributed by atoms with Gasteiger partial charge >= 0.3 is 0 Å². The van der Waals surface area contributed by atoms with Gasteiger partial charge in [0.25, 0.3) is 17.5 Å². The highest BCUT2D eigenvalue weighted by Gasteiger charge is 2.25. The molecular weight excluding hydrogens is 343 g/mol. The van der Waals surface area contributed by atoms with Crippen LogP contribution in [0.25, 0.3) is 0 Å². The van der Waals surface area contributed by atoms with Crippen LogP contribution in [0.3, 0.4) is 0 Å². The number of carbonyl (C=O) groups excluding carboxylic acids is 2. The summed E-state index contributed by atoms with van der Waals surface area (Å²) in [6.07, 6.45) is 1.90. The quantitative estimate of drug-likeness (QED) is 0.540. The van der Waals surface area contributed by atoms with Crippen molar-refractivity contribution in [3.05, 3.63) is 63.5 Å². The van der Waals surface area contributed by atoms with Crippen molar-refractivity contribution in [1.29, 1.82) is 0 Å². The Balaban J connectivity index is 1.83. The standard InChI is InChI=1S/C17H15FN4O4/c18-13-5-4-11(8-12(13)16(19)23)21-17(24)9-1-6-14(20-10-2-3-10)15(7-9)22(25)26/h1,4-8,10,20H,2-3H2,(H2,19,23)(H,21,24). The number of anilines is 2. The van der Waals surface area contributed by atoms with Crippen molar-refractivity contribution in [2.24, 2.45) is 5.73 Å². The van der Waals surface area contributed by atoms with E-state index >= 15 is 0 Å². The molecule has 4 N–H and O–H groups in total. The third kappa shape index (κ3) is 3.77. The summed E-state index contributed by atoms with van der Waals surface area (Å²) < 4.78 is 13.5. The summed E-state index contributed by atoms with van der Waals surface area (Å²) in [5.74, 6) is -2.40. The van der Waals surface area contributed by atoms with Gasteiger partial charge in [0.1, 0.15) is 11.5 Å². The Bertz CT molecular complexity index is 912. The first kappa shape index (κ1) is 17.3. The molecule has 8 nitrogen and oxygen atoms in total. The Morgan fingerprint density at radius 2 is 1.92 bits per heavy atom. The summed E-state index contributed by atoms with van der Waals surface area (Å²) in [6.45, 7) is 0. The van der Waals surface area contributed by atoms with E-state index in [0.717, 1.165) is 25.0 Å². The van der Waals surface area contributed by atoms with Gasteiger partial charge in [-0.25, -0.2) is 4.39 Å². The lowest BCUT2D eigenvalue weighted by Gasteiger charge is -2.09. The zero-order chi connectivity index (χ0) is 18.8. The average Bonchev–Trinajstić information content (AvgIpc) is 3.40. The number of nitrogens with two attached hydrogens (primary N) is 1. The number of amides is 2. The normalized spacial score (nSPS) is 13.1. The average molecular weight is 358 g/mol. The minimum Gasteiger partial charge on any atom is -0.377 e. The molecule has 0 saturated heterocycles. The molecule has 0 spiro atoms. The SMILES string of the molecule is NC(=O)c1cc(NC(=O)c2ccc(NC3CC3)c([N+](=O)[O-])c2)ccc1F. The maximum atomic E-state index is 13.5. The van der Waals surface area contributed by atoms with Gasteiger partial charge in [-0.05, 0) is 43.2 Å². The lowest BCUT2D eigenvalue weighted by atomic mass is 10.1. The van der Waals surface area contributed by atoms with E-state index in [1.165, 1.54) is 24.3 Å². The molecule has 2 amide bonds. The number of nitro benzene ring substituents is 1. The van der Waals surface area contributed by atoms with E-state index in [9.17, 15) is 24.1 Å². The molecule has 0 aliphatic heterocycles. The van der Waals surface area contributed by atoms with Gasteiger partial charge in [-0.15, -0.1) is 0 Å². The van der Waals surface area contributed by atoms with Crippen LogP contribution in [0.5, 0.6) is 0 Å². The largest absolute Gasteiger partial charge is 0.377 e. The number of carbonyl (C=O) groups is 2. The maximum Gasteiger partial charge on any atom is 0.293 e. The molecule has 134 valence electrons. The van der Waals surface area contributed by atoms with Crippen LogP contribution in [0.4, 0.5) is 21.5 Å². The van der Waals surface area contributed by atoms with Gasteiger partial charge in [0.05, 0.1) is 10.5 Å². The first-order valence-electron chi connectivity index (χ1n) is 7.81. The molecule has 1 fully saturated rings. The van der Waals surface area contributed by atoms with Gasteiger partial charge in [-0.3, -0.25) is 19.7 Å². The first-order chi connectivity index (χ1) is 12.3. The van der Waals surface area contributed by atoms with Crippen LogP contribution in [-0.4, -0.2) is 22.8 Å². The van der Waals surface area contributed by atoms with E-state index in [2.05, 4.69) is 10.6 Å². The van der Waals surface area contributed by atoms with Crippen molar-refractivity contribution in [2.75, 3.05) is 10.6 Å². The van der Waals surface area contributed by atoms with Crippen LogP contribution in [0.15, 0.2) is 36.4 Å². The number of hydrogen-bond donors (Lipinski definition) is 3. The van der Waals surface area contributed by atoms with Gasteiger partial charge < -0.3 is 16.4 Å². The monoisotopic (exact) mass is 358 g/mol. The number of hydrogen-bond acceptors (Lipinski definition) is 5. The van der Waals surface area contributed by atoms with Crippen LogP contribution >= 0.6 is 0 Å². The fraction of sp³-hybridized carbons (Fsp3) is 0.176. The molecule has 0 unspecified atom stereocenters. The summed E-state index contributed by atoms with van der Waals surface area (Å²) in [5.41, 5.74) is 5.05. The summed E-state index contributed by atoms with van der Waals surface area (Å²) >= 11 is 0. The number of benzene rings is 2. The summed E-state index contributed by atoms with van der Waals surface area (Å²) in [6, 6.07) is 7.68. The Kier molecular flexibility index (Phi) is 4.53. The van der Waals surface area contributed by atoms with E-state index in [4.69, 9.17) is 5.73 Å². The molecule has 0 aromatic heterocycles. The van der Waals surface area contributed by atoms with E-state index in [0.29, 0.717) is 5.69 Å². The van der Waals surface area contributed by atoms with Gasteiger partial charge in [0, 0.05) is 23.4 Å². The van der Waals surface area contributed by atoms with Gasteiger partial charge in [-0.1, -0.05) is 0 Å². The number of halogens is 1. The van der Waals surface area contributed by atoms with Crippen molar-refractivity contribution in [3.8, 4) is 0 Å². The van der Waals surface area contributed by atoms with Crippen molar-refractivity contribution in [1.82, 2.24) is 0 Å². The highest BCUT2D eigenvalue weighted by Crippen LogP contribution is 2.31. The van der Waals surface area contributed by atoms with E-state index in [1.807, 2.05) is 0 Å². The van der Waals surface area contributed by atoms with Crippen LogP contribution in [0.1, 0.15) is 33.6 Å². The second-order valence-electron chi connectivity index (χ2n) is 5.92. The molecule has 1 aliphatic rings. The van der Waals surface area contributed by atoms with Gasteiger partial charge in [0.2, 0.25) is 0 Å².